The smallest absolute Gasteiger partial charge is 0.311 e. The average molecular weight is 487 g/mol. The lowest BCUT2D eigenvalue weighted by Gasteiger charge is -2.45. The second kappa shape index (κ2) is 13.5. The highest BCUT2D eigenvalue weighted by molar-refractivity contribution is 5.98. The molecule has 1 fully saturated rings. The second-order valence-corrected chi connectivity index (χ2v) is 7.50. The van der Waals surface area contributed by atoms with Crippen molar-refractivity contribution in [3.05, 3.63) is 0 Å². The normalized spacial score (nSPS) is 20.9. The average Bonchev–Trinajstić information content (AvgIpc) is 2.81. The van der Waals surface area contributed by atoms with Crippen LogP contribution in [0, 0.1) is 23.7 Å². The Morgan fingerprint density at radius 2 is 0.794 bits per heavy atom. The number of hydrogen-bond donors (Lipinski definition) is 0. The molecule has 0 aromatic rings. The third kappa shape index (κ3) is 6.45. The fraction of sp³-hybridized carbons (Fsp3) is 0.727. The van der Waals surface area contributed by atoms with Gasteiger partial charge in [-0.3, -0.25) is 28.8 Å². The van der Waals surface area contributed by atoms with Crippen LogP contribution in [0.1, 0.15) is 27.7 Å². The van der Waals surface area contributed by atoms with Crippen LogP contribution in [-0.4, -0.2) is 99.1 Å². The van der Waals surface area contributed by atoms with Gasteiger partial charge in [-0.2, -0.15) is 0 Å². The number of hydrogen-bond acceptors (Lipinski definition) is 10. The topological polar surface area (TPSA) is 146 Å². The highest BCUT2D eigenvalue weighted by Crippen LogP contribution is 2.49. The van der Waals surface area contributed by atoms with Gasteiger partial charge in [-0.05, 0) is 27.7 Å². The number of ether oxygens (including phenoxy) is 4. The SMILES string of the molecule is CCN(CC)C(=O)COC(=O)[C@@H]1C(C(=O)OC)C(C(=O)OC)[C@@H]1C(=O)OCC(=O)N(CC)CC. The molecule has 0 saturated heterocycles. The van der Waals surface area contributed by atoms with Gasteiger partial charge in [-0.25, -0.2) is 0 Å². The molecular formula is C22H34N2O10. The first-order valence-electron chi connectivity index (χ1n) is 11.2. The molecule has 34 heavy (non-hydrogen) atoms. The lowest BCUT2D eigenvalue weighted by Crippen LogP contribution is -2.61. The van der Waals surface area contributed by atoms with E-state index < -0.39 is 72.6 Å². The van der Waals surface area contributed by atoms with Gasteiger partial charge in [0.15, 0.2) is 13.2 Å². The fourth-order valence-electron chi connectivity index (χ4n) is 3.99. The fourth-order valence-corrected chi connectivity index (χ4v) is 3.99. The highest BCUT2D eigenvalue weighted by atomic mass is 16.6. The Hall–Kier alpha value is -3.18. The van der Waals surface area contributed by atoms with Crippen LogP contribution in [-0.2, 0) is 47.7 Å². The number of carbonyl (C=O) groups is 6. The molecule has 4 atom stereocenters. The summed E-state index contributed by atoms with van der Waals surface area (Å²) >= 11 is 0. The number of esters is 4. The van der Waals surface area contributed by atoms with Crippen LogP contribution in [0.15, 0.2) is 0 Å². The molecule has 1 rings (SSSR count). The molecule has 12 heteroatoms. The van der Waals surface area contributed by atoms with E-state index in [1.807, 2.05) is 0 Å². The summed E-state index contributed by atoms with van der Waals surface area (Å²) in [5.41, 5.74) is 0. The molecule has 12 nitrogen and oxygen atoms in total. The van der Waals surface area contributed by atoms with Crippen molar-refractivity contribution in [1.29, 1.82) is 0 Å². The van der Waals surface area contributed by atoms with Crippen LogP contribution in [0.25, 0.3) is 0 Å². The van der Waals surface area contributed by atoms with Crippen molar-refractivity contribution in [1.82, 2.24) is 9.80 Å². The largest absolute Gasteiger partial charge is 0.469 e. The molecule has 0 N–H and O–H groups in total. The summed E-state index contributed by atoms with van der Waals surface area (Å²) in [4.78, 5) is 77.6. The Kier molecular flexibility index (Phi) is 11.5. The first-order valence-corrected chi connectivity index (χ1v) is 11.2. The summed E-state index contributed by atoms with van der Waals surface area (Å²) < 4.78 is 19.6. The maximum Gasteiger partial charge on any atom is 0.311 e. The first-order chi connectivity index (χ1) is 16.1. The van der Waals surface area contributed by atoms with Gasteiger partial charge in [0, 0.05) is 26.2 Å². The van der Waals surface area contributed by atoms with Crippen molar-refractivity contribution < 1.29 is 47.7 Å². The molecule has 1 aliphatic carbocycles. The molecule has 0 bridgehead atoms. The Labute approximate surface area is 198 Å². The molecule has 0 heterocycles. The van der Waals surface area contributed by atoms with Crippen LogP contribution < -0.4 is 0 Å². The number of carbonyl (C=O) groups excluding carboxylic acids is 6. The van der Waals surface area contributed by atoms with E-state index in [0.717, 1.165) is 14.2 Å². The van der Waals surface area contributed by atoms with Crippen molar-refractivity contribution in [2.45, 2.75) is 27.7 Å². The Morgan fingerprint density at radius 1 is 0.529 bits per heavy atom. The van der Waals surface area contributed by atoms with Gasteiger partial charge in [0.1, 0.15) is 0 Å². The van der Waals surface area contributed by atoms with Crippen LogP contribution >= 0.6 is 0 Å². The number of rotatable bonds is 12. The maximum absolute atomic E-state index is 12.8. The summed E-state index contributed by atoms with van der Waals surface area (Å²) in [5.74, 6) is -10.5. The van der Waals surface area contributed by atoms with E-state index >= 15 is 0 Å². The zero-order valence-corrected chi connectivity index (χ0v) is 20.5. The van der Waals surface area contributed by atoms with Gasteiger partial charge < -0.3 is 28.7 Å². The molecule has 0 radical (unpaired) electrons. The summed E-state index contributed by atoms with van der Waals surface area (Å²) in [5, 5.41) is 0. The Bertz CT molecular complexity index is 712. The van der Waals surface area contributed by atoms with Crippen LogP contribution in [0.4, 0.5) is 0 Å². The van der Waals surface area contributed by atoms with Crippen molar-refractivity contribution >= 4 is 35.7 Å². The summed E-state index contributed by atoms with van der Waals surface area (Å²) in [6, 6.07) is 0. The quantitative estimate of drug-likeness (QED) is 0.265. The molecule has 0 aliphatic heterocycles. The number of nitrogens with zero attached hydrogens (tertiary/aromatic N) is 2. The third-order valence-corrected chi connectivity index (χ3v) is 5.95. The zero-order chi connectivity index (χ0) is 26.0. The van der Waals surface area contributed by atoms with Crippen LogP contribution in [0.2, 0.25) is 0 Å². The predicted octanol–water partition coefficient (Wildman–Crippen LogP) is -0.366. The van der Waals surface area contributed by atoms with Gasteiger partial charge in [-0.1, -0.05) is 0 Å². The van der Waals surface area contributed by atoms with Crippen LogP contribution in [0.3, 0.4) is 0 Å². The number of methoxy groups -OCH3 is 2. The van der Waals surface area contributed by atoms with E-state index in [1.165, 1.54) is 9.80 Å². The van der Waals surface area contributed by atoms with Crippen molar-refractivity contribution in [3.63, 3.8) is 0 Å². The van der Waals surface area contributed by atoms with Gasteiger partial charge in [-0.15, -0.1) is 0 Å². The standard InChI is InChI=1S/C22H34N2O10/c1-7-23(8-2)13(25)11-33-21(29)17-15(19(27)31-5)16(20(28)32-6)18(17)22(30)34-12-14(26)24(9-3)10-4/h15-18H,7-12H2,1-6H3/t15?,16?,17-,18+. The molecule has 0 spiro atoms. The zero-order valence-electron chi connectivity index (χ0n) is 20.5. The Balaban J connectivity index is 3.11. The lowest BCUT2D eigenvalue weighted by molar-refractivity contribution is -0.199. The lowest BCUT2D eigenvalue weighted by atomic mass is 9.56. The Morgan fingerprint density at radius 3 is 1.03 bits per heavy atom. The van der Waals surface area contributed by atoms with E-state index in [1.54, 1.807) is 27.7 Å². The van der Waals surface area contributed by atoms with E-state index in [2.05, 4.69) is 0 Å². The second-order valence-electron chi connectivity index (χ2n) is 7.50. The highest BCUT2D eigenvalue weighted by Gasteiger charge is 2.65. The van der Waals surface area contributed by atoms with Crippen LogP contribution in [0.5, 0.6) is 0 Å². The molecule has 2 unspecified atom stereocenters. The minimum atomic E-state index is -1.45. The van der Waals surface area contributed by atoms with Gasteiger partial charge in [0.2, 0.25) is 0 Å². The van der Waals surface area contributed by atoms with Crippen molar-refractivity contribution in [2.75, 3.05) is 53.6 Å². The first kappa shape index (κ1) is 28.9. The molecule has 1 aliphatic rings. The molecule has 0 aromatic heterocycles. The summed E-state index contributed by atoms with van der Waals surface area (Å²) in [6.07, 6.45) is 0. The minimum absolute atomic E-state index is 0.404. The van der Waals surface area contributed by atoms with Crippen molar-refractivity contribution in [2.24, 2.45) is 23.7 Å². The van der Waals surface area contributed by atoms with E-state index in [4.69, 9.17) is 18.9 Å². The third-order valence-electron chi connectivity index (χ3n) is 5.95. The van der Waals surface area contributed by atoms with Gasteiger partial charge >= 0.3 is 23.9 Å². The van der Waals surface area contributed by atoms with Crippen molar-refractivity contribution in [3.8, 4) is 0 Å². The molecule has 192 valence electrons. The molecule has 2 amide bonds. The van der Waals surface area contributed by atoms with E-state index in [-0.39, 0.29) is 0 Å². The summed E-state index contributed by atoms with van der Waals surface area (Å²) in [7, 11) is 2.13. The molecule has 1 saturated carbocycles. The van der Waals surface area contributed by atoms with Gasteiger partial charge in [0.25, 0.3) is 11.8 Å². The minimum Gasteiger partial charge on any atom is -0.469 e. The summed E-state index contributed by atoms with van der Waals surface area (Å²) in [6.45, 7) is 7.45. The maximum atomic E-state index is 12.8. The number of likely N-dealkylation sites (N-methyl/N-ethyl adjacent to an activating group) is 2. The monoisotopic (exact) mass is 486 g/mol. The van der Waals surface area contributed by atoms with Gasteiger partial charge in [0.05, 0.1) is 37.9 Å². The van der Waals surface area contributed by atoms with E-state index in [0.29, 0.717) is 26.2 Å². The molecular weight excluding hydrogens is 452 g/mol. The predicted molar refractivity (Wildman–Crippen MR) is 116 cm³/mol. The van der Waals surface area contributed by atoms with E-state index in [9.17, 15) is 28.8 Å². The number of amides is 2. The molecule has 0 aromatic carbocycles.